The Morgan fingerprint density at radius 2 is 2.32 bits per heavy atom. The number of hydrogen-bond acceptors (Lipinski definition) is 7. The molecular formula is C15H22N4O3. The highest BCUT2D eigenvalue weighted by Gasteiger charge is 2.24. The minimum atomic E-state index is 0.500. The molecule has 0 aromatic carbocycles. The smallest absolute Gasteiger partial charge is 0.241 e. The summed E-state index contributed by atoms with van der Waals surface area (Å²) < 4.78 is 15.5. The number of hydrogen-bond donors (Lipinski definition) is 0. The monoisotopic (exact) mass is 306 g/mol. The SMILES string of the molecule is COCCN1CCN(Cc2nc(-c3ccoc3)no2)CC1C. The van der Waals surface area contributed by atoms with Crippen LogP contribution >= 0.6 is 0 Å². The van der Waals surface area contributed by atoms with Gasteiger partial charge in [-0.15, -0.1) is 0 Å². The van der Waals surface area contributed by atoms with Gasteiger partial charge in [-0.05, 0) is 13.0 Å². The van der Waals surface area contributed by atoms with E-state index < -0.39 is 0 Å². The Morgan fingerprint density at radius 1 is 1.41 bits per heavy atom. The first kappa shape index (κ1) is 15.2. The third kappa shape index (κ3) is 3.55. The first-order valence-corrected chi connectivity index (χ1v) is 7.57. The number of nitrogens with zero attached hydrogens (tertiary/aromatic N) is 4. The predicted octanol–water partition coefficient (Wildman–Crippen LogP) is 1.48. The molecule has 22 heavy (non-hydrogen) atoms. The summed E-state index contributed by atoms with van der Waals surface area (Å²) in [6, 6.07) is 2.32. The van der Waals surface area contributed by atoms with Crippen molar-refractivity contribution in [3.63, 3.8) is 0 Å². The molecule has 0 N–H and O–H groups in total. The molecule has 1 aliphatic heterocycles. The lowest BCUT2D eigenvalue weighted by Crippen LogP contribution is -2.52. The summed E-state index contributed by atoms with van der Waals surface area (Å²) >= 11 is 0. The molecule has 1 unspecified atom stereocenters. The summed E-state index contributed by atoms with van der Waals surface area (Å²) in [5, 5.41) is 4.00. The van der Waals surface area contributed by atoms with E-state index in [1.165, 1.54) is 0 Å². The Kier molecular flexibility index (Phi) is 4.87. The zero-order valence-corrected chi connectivity index (χ0v) is 13.1. The average molecular weight is 306 g/mol. The molecule has 0 spiro atoms. The Balaban J connectivity index is 1.54. The van der Waals surface area contributed by atoms with E-state index >= 15 is 0 Å². The number of methoxy groups -OCH3 is 1. The van der Waals surface area contributed by atoms with Gasteiger partial charge in [0, 0.05) is 39.3 Å². The van der Waals surface area contributed by atoms with Crippen LogP contribution in [0.25, 0.3) is 11.4 Å². The van der Waals surface area contributed by atoms with Gasteiger partial charge >= 0.3 is 0 Å². The lowest BCUT2D eigenvalue weighted by atomic mass is 10.2. The summed E-state index contributed by atoms with van der Waals surface area (Å²) in [6.45, 7) is 7.72. The molecule has 120 valence electrons. The molecule has 0 bridgehead atoms. The molecule has 1 fully saturated rings. The van der Waals surface area contributed by atoms with E-state index in [4.69, 9.17) is 13.7 Å². The van der Waals surface area contributed by atoms with Crippen molar-refractivity contribution in [2.75, 3.05) is 39.9 Å². The minimum Gasteiger partial charge on any atom is -0.472 e. The van der Waals surface area contributed by atoms with Crippen molar-refractivity contribution >= 4 is 0 Å². The van der Waals surface area contributed by atoms with Gasteiger partial charge < -0.3 is 13.7 Å². The lowest BCUT2D eigenvalue weighted by molar-refractivity contribution is 0.0512. The molecule has 0 radical (unpaired) electrons. The third-order valence-electron chi connectivity index (χ3n) is 4.04. The largest absolute Gasteiger partial charge is 0.472 e. The van der Waals surface area contributed by atoms with Crippen LogP contribution < -0.4 is 0 Å². The van der Waals surface area contributed by atoms with E-state index in [0.29, 0.717) is 24.3 Å². The molecule has 0 saturated carbocycles. The Bertz CT molecular complexity index is 569. The molecule has 1 saturated heterocycles. The van der Waals surface area contributed by atoms with E-state index in [1.807, 2.05) is 6.07 Å². The first-order chi connectivity index (χ1) is 10.8. The van der Waals surface area contributed by atoms with Crippen molar-refractivity contribution in [2.45, 2.75) is 19.5 Å². The van der Waals surface area contributed by atoms with Crippen LogP contribution in [0.5, 0.6) is 0 Å². The molecule has 2 aromatic rings. The van der Waals surface area contributed by atoms with Gasteiger partial charge in [-0.1, -0.05) is 5.16 Å². The van der Waals surface area contributed by atoms with E-state index in [0.717, 1.165) is 38.3 Å². The second-order valence-electron chi connectivity index (χ2n) is 5.64. The van der Waals surface area contributed by atoms with E-state index in [-0.39, 0.29) is 0 Å². The van der Waals surface area contributed by atoms with Gasteiger partial charge in [0.25, 0.3) is 0 Å². The first-order valence-electron chi connectivity index (χ1n) is 7.57. The van der Waals surface area contributed by atoms with E-state index in [2.05, 4.69) is 26.9 Å². The number of rotatable bonds is 6. The Morgan fingerprint density at radius 3 is 3.05 bits per heavy atom. The van der Waals surface area contributed by atoms with Gasteiger partial charge in [-0.25, -0.2) is 0 Å². The molecular weight excluding hydrogens is 284 g/mol. The Labute approximate surface area is 129 Å². The van der Waals surface area contributed by atoms with E-state index in [1.54, 1.807) is 19.6 Å². The maximum absolute atomic E-state index is 5.34. The van der Waals surface area contributed by atoms with Crippen molar-refractivity contribution < 1.29 is 13.7 Å². The molecule has 3 heterocycles. The van der Waals surface area contributed by atoms with Crippen molar-refractivity contribution in [2.24, 2.45) is 0 Å². The quantitative estimate of drug-likeness (QED) is 0.800. The fourth-order valence-electron chi connectivity index (χ4n) is 2.77. The third-order valence-corrected chi connectivity index (χ3v) is 4.04. The van der Waals surface area contributed by atoms with Crippen molar-refractivity contribution in [1.82, 2.24) is 19.9 Å². The zero-order valence-electron chi connectivity index (χ0n) is 13.1. The predicted molar refractivity (Wildman–Crippen MR) is 80.2 cm³/mol. The molecule has 1 aliphatic rings. The van der Waals surface area contributed by atoms with Gasteiger partial charge in [0.05, 0.1) is 25.0 Å². The second-order valence-corrected chi connectivity index (χ2v) is 5.64. The van der Waals surface area contributed by atoms with Gasteiger partial charge in [0.2, 0.25) is 11.7 Å². The van der Waals surface area contributed by atoms with E-state index in [9.17, 15) is 0 Å². The topological polar surface area (TPSA) is 67.8 Å². The normalized spacial score (nSPS) is 20.5. The molecule has 0 aliphatic carbocycles. The summed E-state index contributed by atoms with van der Waals surface area (Å²) in [4.78, 5) is 9.22. The zero-order chi connectivity index (χ0) is 15.4. The fourth-order valence-corrected chi connectivity index (χ4v) is 2.77. The Hall–Kier alpha value is -1.70. The standard InChI is InChI=1S/C15H22N4O3/c1-12-9-18(4-5-19(12)6-8-20-2)10-14-16-15(17-22-14)13-3-7-21-11-13/h3,7,11-12H,4-6,8-10H2,1-2H3. The van der Waals surface area contributed by atoms with Crippen molar-refractivity contribution in [1.29, 1.82) is 0 Å². The van der Waals surface area contributed by atoms with Crippen LogP contribution in [0.15, 0.2) is 27.5 Å². The summed E-state index contributed by atoms with van der Waals surface area (Å²) in [5.74, 6) is 1.23. The molecule has 1 atom stereocenters. The summed E-state index contributed by atoms with van der Waals surface area (Å²) in [5.41, 5.74) is 0.841. The summed E-state index contributed by atoms with van der Waals surface area (Å²) in [7, 11) is 1.74. The minimum absolute atomic E-state index is 0.500. The van der Waals surface area contributed by atoms with Crippen molar-refractivity contribution in [3.05, 3.63) is 24.5 Å². The van der Waals surface area contributed by atoms with Crippen LogP contribution in [0.1, 0.15) is 12.8 Å². The van der Waals surface area contributed by atoms with Crippen LogP contribution in [-0.2, 0) is 11.3 Å². The van der Waals surface area contributed by atoms with Gasteiger partial charge in [0.1, 0.15) is 6.26 Å². The number of furan rings is 1. The number of ether oxygens (including phenoxy) is 1. The highest BCUT2D eigenvalue weighted by Crippen LogP contribution is 2.17. The highest BCUT2D eigenvalue weighted by molar-refractivity contribution is 5.51. The van der Waals surface area contributed by atoms with Crippen LogP contribution in [-0.4, -0.2) is 65.9 Å². The van der Waals surface area contributed by atoms with Crippen LogP contribution in [0.3, 0.4) is 0 Å². The molecule has 3 rings (SSSR count). The molecule has 2 aromatic heterocycles. The molecule has 0 amide bonds. The van der Waals surface area contributed by atoms with Gasteiger partial charge in [0.15, 0.2) is 0 Å². The maximum atomic E-state index is 5.34. The number of aromatic nitrogens is 2. The maximum Gasteiger partial charge on any atom is 0.241 e. The van der Waals surface area contributed by atoms with Crippen molar-refractivity contribution in [3.8, 4) is 11.4 Å². The second kappa shape index (κ2) is 7.04. The van der Waals surface area contributed by atoms with Crippen LogP contribution in [0.2, 0.25) is 0 Å². The molecule has 7 nitrogen and oxygen atoms in total. The van der Waals surface area contributed by atoms with Gasteiger partial charge in [-0.3, -0.25) is 9.80 Å². The molecule has 7 heteroatoms. The van der Waals surface area contributed by atoms with Crippen LogP contribution in [0.4, 0.5) is 0 Å². The average Bonchev–Trinajstić information content (AvgIpc) is 3.17. The van der Waals surface area contributed by atoms with Gasteiger partial charge in [-0.2, -0.15) is 4.98 Å². The lowest BCUT2D eigenvalue weighted by Gasteiger charge is -2.39. The number of piperazine rings is 1. The highest BCUT2D eigenvalue weighted by atomic mass is 16.5. The summed E-state index contributed by atoms with van der Waals surface area (Å²) in [6.07, 6.45) is 3.22. The fraction of sp³-hybridized carbons (Fsp3) is 0.600. The van der Waals surface area contributed by atoms with Crippen LogP contribution in [0, 0.1) is 0 Å².